The van der Waals surface area contributed by atoms with Gasteiger partial charge in [0.15, 0.2) is 5.78 Å². The van der Waals surface area contributed by atoms with Crippen LogP contribution >= 0.6 is 0 Å². The molecule has 2 N–H and O–H groups in total. The van der Waals surface area contributed by atoms with Crippen LogP contribution in [0.4, 0.5) is 0 Å². The summed E-state index contributed by atoms with van der Waals surface area (Å²) in [5.74, 6) is -0.996. The van der Waals surface area contributed by atoms with Gasteiger partial charge in [-0.25, -0.2) is 4.79 Å². The molecule has 0 spiro atoms. The Morgan fingerprint density at radius 3 is 2.45 bits per heavy atom. The Morgan fingerprint density at radius 2 is 1.80 bits per heavy atom. The van der Waals surface area contributed by atoms with Gasteiger partial charge in [0.25, 0.3) is 0 Å². The number of allylic oxidation sites excluding steroid dienone is 1. The van der Waals surface area contributed by atoms with E-state index < -0.39 is 5.97 Å². The molecule has 4 nitrogen and oxygen atoms in total. The molecule has 0 bridgehead atoms. The van der Waals surface area contributed by atoms with Crippen LogP contribution in [-0.2, 0) is 4.79 Å². The summed E-state index contributed by atoms with van der Waals surface area (Å²) < 4.78 is 0. The van der Waals surface area contributed by atoms with Crippen LogP contribution in [-0.4, -0.2) is 22.0 Å². The van der Waals surface area contributed by atoms with Gasteiger partial charge in [-0.2, -0.15) is 0 Å². The molecule has 0 amide bonds. The van der Waals surface area contributed by atoms with Gasteiger partial charge in [-0.3, -0.25) is 4.79 Å². The molecule has 0 saturated heterocycles. The molecule has 0 aromatic heterocycles. The lowest BCUT2D eigenvalue weighted by molar-refractivity contribution is -0.131. The third kappa shape index (κ3) is 3.47. The highest BCUT2D eigenvalue weighted by molar-refractivity contribution is 6.07. The van der Waals surface area contributed by atoms with Crippen LogP contribution in [0.5, 0.6) is 5.75 Å². The second-order valence-corrected chi connectivity index (χ2v) is 5.14. The van der Waals surface area contributed by atoms with Crippen molar-refractivity contribution in [2.24, 2.45) is 0 Å². The standard InChI is InChI=1S/C16H18O4/c17-14(8-9-16(19)20)12-6-7-15(18)13(10-12)11-4-2-1-3-5-11/h6-11,18H,1-5H2,(H,19,20)/b9-8+. The number of benzene rings is 1. The van der Waals surface area contributed by atoms with E-state index in [0.717, 1.165) is 43.4 Å². The number of phenolic OH excluding ortho intramolecular Hbond substituents is 1. The third-order valence-corrected chi connectivity index (χ3v) is 3.73. The Hall–Kier alpha value is -2.10. The average molecular weight is 274 g/mol. The van der Waals surface area contributed by atoms with Crippen LogP contribution in [0.2, 0.25) is 0 Å². The molecule has 0 unspecified atom stereocenters. The minimum absolute atomic E-state index is 0.218. The normalized spacial score (nSPS) is 16.4. The average Bonchev–Trinajstić information content (AvgIpc) is 2.46. The maximum Gasteiger partial charge on any atom is 0.328 e. The fraction of sp³-hybridized carbons (Fsp3) is 0.375. The molecule has 0 heterocycles. The van der Waals surface area contributed by atoms with Gasteiger partial charge in [0, 0.05) is 11.6 Å². The highest BCUT2D eigenvalue weighted by Gasteiger charge is 2.19. The second kappa shape index (κ2) is 6.37. The molecule has 1 aromatic carbocycles. The van der Waals surface area contributed by atoms with E-state index in [9.17, 15) is 14.7 Å². The largest absolute Gasteiger partial charge is 0.508 e. The third-order valence-electron chi connectivity index (χ3n) is 3.73. The minimum Gasteiger partial charge on any atom is -0.508 e. The summed E-state index contributed by atoms with van der Waals surface area (Å²) in [6, 6.07) is 4.74. The number of carbonyl (C=O) groups excluding carboxylic acids is 1. The SMILES string of the molecule is O=C(O)/C=C/C(=O)c1ccc(O)c(C2CCCCC2)c1. The first kappa shape index (κ1) is 14.3. The van der Waals surface area contributed by atoms with Crippen molar-refractivity contribution in [2.45, 2.75) is 38.0 Å². The highest BCUT2D eigenvalue weighted by atomic mass is 16.4. The molecule has 106 valence electrons. The quantitative estimate of drug-likeness (QED) is 0.652. The van der Waals surface area contributed by atoms with Crippen molar-refractivity contribution in [1.82, 2.24) is 0 Å². The predicted molar refractivity (Wildman–Crippen MR) is 75.0 cm³/mol. The Morgan fingerprint density at radius 1 is 1.10 bits per heavy atom. The maximum absolute atomic E-state index is 11.9. The van der Waals surface area contributed by atoms with Crippen LogP contribution in [0.25, 0.3) is 0 Å². The smallest absolute Gasteiger partial charge is 0.328 e. The fourth-order valence-electron chi connectivity index (χ4n) is 2.69. The van der Waals surface area contributed by atoms with Crippen molar-refractivity contribution < 1.29 is 19.8 Å². The number of ketones is 1. The van der Waals surface area contributed by atoms with E-state index in [0.29, 0.717) is 11.5 Å². The van der Waals surface area contributed by atoms with Crippen LogP contribution in [0.3, 0.4) is 0 Å². The molecule has 1 saturated carbocycles. The van der Waals surface area contributed by atoms with Crippen LogP contribution in [0.15, 0.2) is 30.4 Å². The number of carbonyl (C=O) groups is 2. The first-order valence-electron chi connectivity index (χ1n) is 6.86. The molecule has 1 aliphatic rings. The van der Waals surface area contributed by atoms with Crippen LogP contribution in [0.1, 0.15) is 53.9 Å². The van der Waals surface area contributed by atoms with Gasteiger partial charge < -0.3 is 10.2 Å². The zero-order valence-electron chi connectivity index (χ0n) is 11.2. The second-order valence-electron chi connectivity index (χ2n) is 5.14. The van der Waals surface area contributed by atoms with E-state index in [2.05, 4.69) is 0 Å². The molecule has 1 aromatic rings. The number of aliphatic carboxylic acids is 1. The molecule has 1 aliphatic carbocycles. The lowest BCUT2D eigenvalue weighted by Gasteiger charge is -2.23. The Kier molecular flexibility index (Phi) is 4.56. The monoisotopic (exact) mass is 274 g/mol. The molecule has 1 fully saturated rings. The van der Waals surface area contributed by atoms with Gasteiger partial charge in [-0.15, -0.1) is 0 Å². The summed E-state index contributed by atoms with van der Waals surface area (Å²) in [5.41, 5.74) is 1.22. The summed E-state index contributed by atoms with van der Waals surface area (Å²) in [6.07, 6.45) is 7.42. The van der Waals surface area contributed by atoms with E-state index in [1.807, 2.05) is 0 Å². The number of aromatic hydroxyl groups is 1. The first-order chi connectivity index (χ1) is 9.58. The summed E-state index contributed by atoms with van der Waals surface area (Å²) in [5, 5.41) is 18.5. The number of phenols is 1. The predicted octanol–water partition coefficient (Wildman–Crippen LogP) is 3.26. The van der Waals surface area contributed by atoms with E-state index >= 15 is 0 Å². The molecule has 0 atom stereocenters. The Balaban J connectivity index is 2.23. The number of carboxylic acid groups (broad SMARTS) is 1. The van der Waals surface area contributed by atoms with Crippen LogP contribution < -0.4 is 0 Å². The van der Waals surface area contributed by atoms with Gasteiger partial charge in [0.2, 0.25) is 0 Å². The summed E-state index contributed by atoms with van der Waals surface area (Å²) in [4.78, 5) is 22.3. The molecule has 4 heteroatoms. The molecule has 0 radical (unpaired) electrons. The van der Waals surface area contributed by atoms with Crippen LogP contribution in [0, 0.1) is 0 Å². The number of hydrogen-bond acceptors (Lipinski definition) is 3. The minimum atomic E-state index is -1.15. The van der Waals surface area contributed by atoms with E-state index in [4.69, 9.17) is 5.11 Å². The van der Waals surface area contributed by atoms with E-state index in [-0.39, 0.29) is 11.5 Å². The first-order valence-corrected chi connectivity index (χ1v) is 6.86. The van der Waals surface area contributed by atoms with Gasteiger partial charge in [0.1, 0.15) is 5.75 Å². The van der Waals surface area contributed by atoms with Crippen molar-refractivity contribution in [3.63, 3.8) is 0 Å². The Bertz CT molecular complexity index is 539. The van der Waals surface area contributed by atoms with Gasteiger partial charge >= 0.3 is 5.97 Å². The lowest BCUT2D eigenvalue weighted by atomic mass is 9.83. The Labute approximate surface area is 117 Å². The number of rotatable bonds is 4. The van der Waals surface area contributed by atoms with Gasteiger partial charge in [0.05, 0.1) is 0 Å². The molecule has 0 aliphatic heterocycles. The number of hydrogen-bond donors (Lipinski definition) is 2. The molecule has 2 rings (SSSR count). The fourth-order valence-corrected chi connectivity index (χ4v) is 2.69. The molecular weight excluding hydrogens is 256 g/mol. The van der Waals surface area contributed by atoms with Gasteiger partial charge in [-0.05, 0) is 48.6 Å². The summed E-state index contributed by atoms with van der Waals surface area (Å²) >= 11 is 0. The van der Waals surface area contributed by atoms with Crippen molar-refractivity contribution in [3.8, 4) is 5.75 Å². The van der Waals surface area contributed by atoms with Gasteiger partial charge in [-0.1, -0.05) is 19.3 Å². The van der Waals surface area contributed by atoms with E-state index in [1.54, 1.807) is 6.07 Å². The summed E-state index contributed by atoms with van der Waals surface area (Å²) in [7, 11) is 0. The zero-order chi connectivity index (χ0) is 14.5. The molecular formula is C16H18O4. The van der Waals surface area contributed by atoms with E-state index in [1.165, 1.54) is 18.6 Å². The highest BCUT2D eigenvalue weighted by Crippen LogP contribution is 2.37. The van der Waals surface area contributed by atoms with Crippen molar-refractivity contribution in [1.29, 1.82) is 0 Å². The number of carboxylic acids is 1. The lowest BCUT2D eigenvalue weighted by Crippen LogP contribution is -2.06. The van der Waals surface area contributed by atoms with Crippen molar-refractivity contribution in [3.05, 3.63) is 41.5 Å². The molecule has 20 heavy (non-hydrogen) atoms. The summed E-state index contributed by atoms with van der Waals surface area (Å²) in [6.45, 7) is 0. The van der Waals surface area contributed by atoms with Crippen molar-refractivity contribution >= 4 is 11.8 Å². The topological polar surface area (TPSA) is 74.6 Å². The maximum atomic E-state index is 11.9. The van der Waals surface area contributed by atoms with Crippen molar-refractivity contribution in [2.75, 3.05) is 0 Å². The zero-order valence-corrected chi connectivity index (χ0v) is 11.2.